The number of nitrogens with one attached hydrogen (secondary N) is 2. The Balaban J connectivity index is 1.86. The number of amides is 1. The lowest BCUT2D eigenvalue weighted by Gasteiger charge is -2.18. The standard InChI is InChI=1S/C18H14Cl2F3N5O/c1-9-12(8-27-28-9)13(10-5-25-17(26-6-10)18(21,22)23)7-24-16(29)11-3-2-4-14(19)15(11)20/h2-6,8,13H,7H2,1H3,(H,24,29)(H,27,28). The molecule has 152 valence electrons. The molecule has 6 nitrogen and oxygen atoms in total. The second-order valence-corrected chi connectivity index (χ2v) is 6.94. The van der Waals surface area contributed by atoms with Crippen LogP contribution in [0.25, 0.3) is 0 Å². The van der Waals surface area contributed by atoms with Crippen LogP contribution in [-0.4, -0.2) is 32.6 Å². The minimum Gasteiger partial charge on any atom is -0.351 e. The van der Waals surface area contributed by atoms with Crippen molar-refractivity contribution >= 4 is 29.1 Å². The van der Waals surface area contributed by atoms with E-state index in [2.05, 4.69) is 25.5 Å². The minimum absolute atomic E-state index is 0.0524. The molecule has 0 saturated heterocycles. The topological polar surface area (TPSA) is 83.6 Å². The Kier molecular flexibility index (Phi) is 6.09. The van der Waals surface area contributed by atoms with Crippen molar-refractivity contribution < 1.29 is 18.0 Å². The van der Waals surface area contributed by atoms with E-state index in [0.717, 1.165) is 12.4 Å². The number of hydrogen-bond acceptors (Lipinski definition) is 4. The van der Waals surface area contributed by atoms with Gasteiger partial charge in [-0.15, -0.1) is 0 Å². The van der Waals surface area contributed by atoms with Gasteiger partial charge in [0.2, 0.25) is 5.82 Å². The predicted octanol–water partition coefficient (Wildman–Crippen LogP) is 4.40. The number of halogens is 5. The van der Waals surface area contributed by atoms with E-state index < -0.39 is 23.8 Å². The zero-order chi connectivity index (χ0) is 21.2. The summed E-state index contributed by atoms with van der Waals surface area (Å²) in [4.78, 5) is 19.3. The van der Waals surface area contributed by atoms with Gasteiger partial charge < -0.3 is 5.32 Å². The van der Waals surface area contributed by atoms with Crippen molar-refractivity contribution in [2.45, 2.75) is 19.0 Å². The highest BCUT2D eigenvalue weighted by atomic mass is 35.5. The summed E-state index contributed by atoms with van der Waals surface area (Å²) in [7, 11) is 0. The lowest BCUT2D eigenvalue weighted by Crippen LogP contribution is -2.29. The maximum absolute atomic E-state index is 12.7. The molecule has 0 saturated carbocycles. The predicted molar refractivity (Wildman–Crippen MR) is 101 cm³/mol. The normalized spacial score (nSPS) is 12.6. The van der Waals surface area contributed by atoms with Crippen molar-refractivity contribution in [3.8, 4) is 0 Å². The molecule has 11 heteroatoms. The van der Waals surface area contributed by atoms with Gasteiger partial charge in [0.15, 0.2) is 0 Å². The molecule has 0 aliphatic heterocycles. The van der Waals surface area contributed by atoms with Crippen LogP contribution in [0.2, 0.25) is 10.0 Å². The van der Waals surface area contributed by atoms with Crippen molar-refractivity contribution in [2.75, 3.05) is 6.54 Å². The number of carbonyl (C=O) groups is 1. The van der Waals surface area contributed by atoms with Crippen molar-refractivity contribution in [1.82, 2.24) is 25.5 Å². The fraction of sp³-hybridized carbons (Fsp3) is 0.222. The Bertz CT molecular complexity index is 1020. The highest BCUT2D eigenvalue weighted by Crippen LogP contribution is 2.29. The molecule has 2 N–H and O–H groups in total. The number of aromatic nitrogens is 4. The third kappa shape index (κ3) is 4.68. The third-order valence-electron chi connectivity index (χ3n) is 4.24. The number of hydrogen-bond donors (Lipinski definition) is 2. The quantitative estimate of drug-likeness (QED) is 0.612. The lowest BCUT2D eigenvalue weighted by atomic mass is 9.93. The van der Waals surface area contributed by atoms with Crippen molar-refractivity contribution in [1.29, 1.82) is 0 Å². The number of benzene rings is 1. The smallest absolute Gasteiger partial charge is 0.351 e. The van der Waals surface area contributed by atoms with Gasteiger partial charge in [-0.3, -0.25) is 9.89 Å². The molecule has 2 heterocycles. The Labute approximate surface area is 173 Å². The summed E-state index contributed by atoms with van der Waals surface area (Å²) in [5.74, 6) is -2.24. The first-order valence-electron chi connectivity index (χ1n) is 8.29. The number of aryl methyl sites for hydroxylation is 1. The highest BCUT2D eigenvalue weighted by molar-refractivity contribution is 6.43. The van der Waals surface area contributed by atoms with Gasteiger partial charge in [0, 0.05) is 36.1 Å². The van der Waals surface area contributed by atoms with Crippen LogP contribution in [0.4, 0.5) is 13.2 Å². The second kappa shape index (κ2) is 8.38. The fourth-order valence-electron chi connectivity index (χ4n) is 2.75. The summed E-state index contributed by atoms with van der Waals surface area (Å²) in [6.07, 6.45) is -0.926. The molecule has 3 aromatic rings. The zero-order valence-electron chi connectivity index (χ0n) is 14.9. The first-order valence-corrected chi connectivity index (χ1v) is 9.05. The summed E-state index contributed by atoms with van der Waals surface area (Å²) >= 11 is 12.0. The summed E-state index contributed by atoms with van der Waals surface area (Å²) in [6.45, 7) is 1.81. The average molecular weight is 444 g/mol. The fourth-order valence-corrected chi connectivity index (χ4v) is 3.14. The van der Waals surface area contributed by atoms with Crippen molar-refractivity contribution in [3.63, 3.8) is 0 Å². The molecule has 2 aromatic heterocycles. The van der Waals surface area contributed by atoms with Crippen molar-refractivity contribution in [2.24, 2.45) is 0 Å². The molecule has 1 aromatic carbocycles. The molecule has 0 fully saturated rings. The first kappa shape index (κ1) is 21.1. The van der Waals surface area contributed by atoms with E-state index in [9.17, 15) is 18.0 Å². The van der Waals surface area contributed by atoms with Gasteiger partial charge >= 0.3 is 6.18 Å². The van der Waals surface area contributed by atoms with Crippen LogP contribution in [0, 0.1) is 6.92 Å². The minimum atomic E-state index is -4.64. The van der Waals surface area contributed by atoms with Crippen LogP contribution < -0.4 is 5.32 Å². The van der Waals surface area contributed by atoms with Gasteiger partial charge in [0.1, 0.15) is 0 Å². The van der Waals surface area contributed by atoms with Gasteiger partial charge in [-0.1, -0.05) is 29.3 Å². The monoisotopic (exact) mass is 443 g/mol. The molecule has 0 aliphatic carbocycles. The number of H-pyrrole nitrogens is 1. The molecular weight excluding hydrogens is 430 g/mol. The molecule has 3 rings (SSSR count). The molecule has 0 spiro atoms. The van der Waals surface area contributed by atoms with E-state index >= 15 is 0 Å². The Hall–Kier alpha value is -2.65. The number of aromatic amines is 1. The molecule has 0 radical (unpaired) electrons. The van der Waals surface area contributed by atoms with Crippen LogP contribution in [0.15, 0.2) is 36.8 Å². The van der Waals surface area contributed by atoms with E-state index in [1.165, 1.54) is 12.3 Å². The summed E-state index contributed by atoms with van der Waals surface area (Å²) in [5.41, 5.74) is 1.96. The number of nitrogens with zero attached hydrogens (tertiary/aromatic N) is 3. The molecule has 1 atom stereocenters. The third-order valence-corrected chi connectivity index (χ3v) is 5.05. The van der Waals surface area contributed by atoms with Gasteiger partial charge in [-0.25, -0.2) is 9.97 Å². The van der Waals surface area contributed by atoms with Gasteiger partial charge in [-0.05, 0) is 24.6 Å². The maximum Gasteiger partial charge on any atom is 0.451 e. The van der Waals surface area contributed by atoms with Crippen LogP contribution >= 0.6 is 23.2 Å². The zero-order valence-corrected chi connectivity index (χ0v) is 16.4. The number of carbonyl (C=O) groups excluding carboxylic acids is 1. The van der Waals surface area contributed by atoms with Gasteiger partial charge in [0.05, 0.1) is 21.8 Å². The Morgan fingerprint density at radius 3 is 2.48 bits per heavy atom. The highest BCUT2D eigenvalue weighted by Gasteiger charge is 2.34. The molecular formula is C18H14Cl2F3N5O. The average Bonchev–Trinajstić information content (AvgIpc) is 3.09. The van der Waals surface area contributed by atoms with Crippen LogP contribution in [0.5, 0.6) is 0 Å². The summed E-state index contributed by atoms with van der Waals surface area (Å²) in [6, 6.07) is 4.66. The molecule has 0 bridgehead atoms. The van der Waals surface area contributed by atoms with Crippen LogP contribution in [0.1, 0.15) is 38.9 Å². The summed E-state index contributed by atoms with van der Waals surface area (Å²) in [5, 5.41) is 9.78. The molecule has 29 heavy (non-hydrogen) atoms. The lowest BCUT2D eigenvalue weighted by molar-refractivity contribution is -0.145. The van der Waals surface area contributed by atoms with E-state index in [1.807, 2.05) is 0 Å². The Morgan fingerprint density at radius 1 is 1.21 bits per heavy atom. The largest absolute Gasteiger partial charge is 0.451 e. The summed E-state index contributed by atoms with van der Waals surface area (Å²) < 4.78 is 38.2. The SMILES string of the molecule is Cc1[nH]ncc1C(CNC(=O)c1cccc(Cl)c1Cl)c1cnc(C(F)(F)F)nc1. The van der Waals surface area contributed by atoms with Gasteiger partial charge in [0.25, 0.3) is 5.91 Å². The van der Waals surface area contributed by atoms with E-state index in [-0.39, 0.29) is 22.2 Å². The number of alkyl halides is 3. The number of rotatable bonds is 5. The second-order valence-electron chi connectivity index (χ2n) is 6.15. The first-order chi connectivity index (χ1) is 13.7. The van der Waals surface area contributed by atoms with E-state index in [4.69, 9.17) is 23.2 Å². The van der Waals surface area contributed by atoms with E-state index in [1.54, 1.807) is 19.1 Å². The molecule has 1 unspecified atom stereocenters. The Morgan fingerprint density at radius 2 is 1.90 bits per heavy atom. The van der Waals surface area contributed by atoms with E-state index in [0.29, 0.717) is 16.8 Å². The van der Waals surface area contributed by atoms with Crippen LogP contribution in [0.3, 0.4) is 0 Å². The van der Waals surface area contributed by atoms with Crippen molar-refractivity contribution in [3.05, 3.63) is 75.0 Å². The molecule has 0 aliphatic rings. The van der Waals surface area contributed by atoms with Gasteiger partial charge in [-0.2, -0.15) is 18.3 Å². The maximum atomic E-state index is 12.7. The molecule has 1 amide bonds. The van der Waals surface area contributed by atoms with Crippen LogP contribution in [-0.2, 0) is 6.18 Å².